The molecule has 1 unspecified atom stereocenters. The van der Waals surface area contributed by atoms with Crippen molar-refractivity contribution in [2.45, 2.75) is 32.2 Å². The van der Waals surface area contributed by atoms with Crippen molar-refractivity contribution >= 4 is 22.8 Å². The summed E-state index contributed by atoms with van der Waals surface area (Å²) in [4.78, 5) is 37.8. The molecule has 0 saturated carbocycles. The van der Waals surface area contributed by atoms with Crippen LogP contribution in [0.3, 0.4) is 0 Å². The SMILES string of the molecule is CC(NC(=O)c1cc2ccc(OC(=O)COc3ccc(C(C)(C)c4ccccc4)cc3)cc2oc1=O)c1ccccc1. The fourth-order valence-corrected chi connectivity index (χ4v) is 4.71. The van der Waals surface area contributed by atoms with Gasteiger partial charge in [-0.15, -0.1) is 0 Å². The normalized spacial score (nSPS) is 12.0. The highest BCUT2D eigenvalue weighted by Gasteiger charge is 2.23. The van der Waals surface area contributed by atoms with E-state index >= 15 is 0 Å². The smallest absolute Gasteiger partial charge is 0.349 e. The number of rotatable bonds is 9. The number of ether oxygens (including phenoxy) is 2. The van der Waals surface area contributed by atoms with Crippen LogP contribution in [0.5, 0.6) is 11.5 Å². The third-order valence-corrected chi connectivity index (χ3v) is 7.26. The van der Waals surface area contributed by atoms with E-state index in [0.29, 0.717) is 11.1 Å². The van der Waals surface area contributed by atoms with Gasteiger partial charge in [-0.05, 0) is 53.9 Å². The molecular weight excluding hydrogens is 530 g/mol. The van der Waals surface area contributed by atoms with Gasteiger partial charge in [0.15, 0.2) is 6.61 Å². The third kappa shape index (κ3) is 6.41. The standard InChI is InChI=1S/C35H31NO6/c1-23(24-10-6-4-7-11-24)36-33(38)30-20-25-14-17-29(21-31(25)42-34(30)39)41-32(37)22-40-28-18-15-27(16-19-28)35(2,3)26-12-8-5-9-13-26/h4-21,23H,22H2,1-3H3,(H,36,38). The van der Waals surface area contributed by atoms with Crippen LogP contribution in [0.25, 0.3) is 11.0 Å². The molecule has 0 saturated heterocycles. The van der Waals surface area contributed by atoms with Crippen molar-refractivity contribution in [2.75, 3.05) is 6.61 Å². The van der Waals surface area contributed by atoms with Crippen molar-refractivity contribution in [3.05, 3.63) is 142 Å². The summed E-state index contributed by atoms with van der Waals surface area (Å²) in [5.74, 6) is -0.423. The molecule has 0 fully saturated rings. The second kappa shape index (κ2) is 12.1. The average molecular weight is 562 g/mol. The zero-order valence-corrected chi connectivity index (χ0v) is 23.6. The number of hydrogen-bond acceptors (Lipinski definition) is 6. The number of hydrogen-bond donors (Lipinski definition) is 1. The summed E-state index contributed by atoms with van der Waals surface area (Å²) in [7, 11) is 0. The summed E-state index contributed by atoms with van der Waals surface area (Å²) < 4.78 is 16.4. The minimum atomic E-state index is -0.786. The van der Waals surface area contributed by atoms with Gasteiger partial charge in [-0.2, -0.15) is 0 Å². The predicted molar refractivity (Wildman–Crippen MR) is 161 cm³/mol. The first-order valence-corrected chi connectivity index (χ1v) is 13.6. The zero-order chi connectivity index (χ0) is 29.7. The fourth-order valence-electron chi connectivity index (χ4n) is 4.71. The number of esters is 1. The van der Waals surface area contributed by atoms with Crippen LogP contribution in [0.1, 0.15) is 53.9 Å². The number of carbonyl (C=O) groups excluding carboxylic acids is 2. The maximum atomic E-state index is 12.8. The highest BCUT2D eigenvalue weighted by Crippen LogP contribution is 2.32. The Morgan fingerprint density at radius 3 is 2.12 bits per heavy atom. The van der Waals surface area contributed by atoms with Crippen molar-refractivity contribution in [1.82, 2.24) is 5.32 Å². The van der Waals surface area contributed by atoms with E-state index < -0.39 is 17.5 Å². The van der Waals surface area contributed by atoms with Gasteiger partial charge in [-0.25, -0.2) is 9.59 Å². The Labute approximate surface area is 243 Å². The summed E-state index contributed by atoms with van der Waals surface area (Å²) in [5, 5.41) is 3.33. The molecule has 7 heteroatoms. The molecule has 0 spiro atoms. The lowest BCUT2D eigenvalue weighted by Crippen LogP contribution is -2.30. The molecule has 1 amide bonds. The minimum absolute atomic E-state index is 0.110. The molecule has 4 aromatic carbocycles. The maximum Gasteiger partial charge on any atom is 0.349 e. The fraction of sp³-hybridized carbons (Fsp3) is 0.171. The summed E-state index contributed by atoms with van der Waals surface area (Å²) in [6, 6.07) is 33.1. The molecule has 212 valence electrons. The van der Waals surface area contributed by atoms with Gasteiger partial charge in [-0.1, -0.05) is 86.6 Å². The Hall–Kier alpha value is -5.17. The van der Waals surface area contributed by atoms with Gasteiger partial charge < -0.3 is 19.2 Å². The van der Waals surface area contributed by atoms with Crippen LogP contribution in [-0.4, -0.2) is 18.5 Å². The Morgan fingerprint density at radius 2 is 1.43 bits per heavy atom. The molecule has 0 aliphatic heterocycles. The summed E-state index contributed by atoms with van der Waals surface area (Å²) in [5.41, 5.74) is 2.34. The van der Waals surface area contributed by atoms with E-state index in [9.17, 15) is 14.4 Å². The van der Waals surface area contributed by atoms with Gasteiger partial charge in [0.1, 0.15) is 22.6 Å². The lowest BCUT2D eigenvalue weighted by Gasteiger charge is -2.26. The van der Waals surface area contributed by atoms with Crippen LogP contribution in [0.4, 0.5) is 0 Å². The van der Waals surface area contributed by atoms with E-state index in [1.807, 2.05) is 79.7 Å². The number of nitrogens with one attached hydrogen (secondary N) is 1. The zero-order valence-electron chi connectivity index (χ0n) is 23.6. The first-order valence-electron chi connectivity index (χ1n) is 13.6. The molecule has 7 nitrogen and oxygen atoms in total. The number of benzene rings is 4. The van der Waals surface area contributed by atoms with Gasteiger partial charge in [-0.3, -0.25) is 4.79 Å². The highest BCUT2D eigenvalue weighted by molar-refractivity contribution is 5.97. The van der Waals surface area contributed by atoms with Crippen molar-refractivity contribution in [1.29, 1.82) is 0 Å². The van der Waals surface area contributed by atoms with Gasteiger partial charge >= 0.3 is 11.6 Å². The molecule has 5 rings (SSSR count). The predicted octanol–water partition coefficient (Wildman–Crippen LogP) is 6.59. The first kappa shape index (κ1) is 28.4. The van der Waals surface area contributed by atoms with Crippen LogP contribution < -0.4 is 20.4 Å². The molecule has 0 aliphatic carbocycles. The van der Waals surface area contributed by atoms with E-state index in [1.54, 1.807) is 12.1 Å². The van der Waals surface area contributed by atoms with Gasteiger partial charge in [0.2, 0.25) is 0 Å². The van der Waals surface area contributed by atoms with Crippen LogP contribution in [0, 0.1) is 0 Å². The molecule has 0 bridgehead atoms. The van der Waals surface area contributed by atoms with E-state index in [1.165, 1.54) is 17.7 Å². The minimum Gasteiger partial charge on any atom is -0.482 e. The summed E-state index contributed by atoms with van der Waals surface area (Å²) in [6.45, 7) is 5.84. The Kier molecular flexibility index (Phi) is 8.20. The van der Waals surface area contributed by atoms with Crippen LogP contribution in [0.15, 0.2) is 118 Å². The Bertz CT molecular complexity index is 1760. The van der Waals surface area contributed by atoms with Crippen LogP contribution in [0.2, 0.25) is 0 Å². The topological polar surface area (TPSA) is 94.8 Å². The number of fused-ring (bicyclic) bond motifs is 1. The molecule has 1 N–H and O–H groups in total. The molecule has 0 radical (unpaired) electrons. The molecule has 1 heterocycles. The van der Waals surface area contributed by atoms with Gasteiger partial charge in [0, 0.05) is 16.9 Å². The Balaban J connectivity index is 1.20. The maximum absolute atomic E-state index is 12.8. The number of carbonyl (C=O) groups is 2. The van der Waals surface area contributed by atoms with E-state index in [4.69, 9.17) is 13.9 Å². The van der Waals surface area contributed by atoms with Crippen LogP contribution in [-0.2, 0) is 10.2 Å². The first-order chi connectivity index (χ1) is 20.2. The van der Waals surface area contributed by atoms with Crippen molar-refractivity contribution in [2.24, 2.45) is 0 Å². The number of amides is 1. The monoisotopic (exact) mass is 561 g/mol. The van der Waals surface area contributed by atoms with Gasteiger partial charge in [0.25, 0.3) is 5.91 Å². The Morgan fingerprint density at radius 1 is 0.810 bits per heavy atom. The van der Waals surface area contributed by atoms with E-state index in [2.05, 4.69) is 31.3 Å². The molecule has 0 aliphatic rings. The molecular formula is C35H31NO6. The van der Waals surface area contributed by atoms with Crippen molar-refractivity contribution in [3.63, 3.8) is 0 Å². The summed E-state index contributed by atoms with van der Waals surface area (Å²) in [6.07, 6.45) is 0. The second-order valence-corrected chi connectivity index (χ2v) is 10.5. The quantitative estimate of drug-likeness (QED) is 0.124. The molecule has 1 atom stereocenters. The van der Waals surface area contributed by atoms with Crippen molar-refractivity contribution in [3.8, 4) is 11.5 Å². The van der Waals surface area contributed by atoms with E-state index in [-0.39, 0.29) is 35.0 Å². The molecule has 1 aromatic heterocycles. The molecule has 5 aromatic rings. The van der Waals surface area contributed by atoms with E-state index in [0.717, 1.165) is 11.1 Å². The largest absolute Gasteiger partial charge is 0.482 e. The third-order valence-electron chi connectivity index (χ3n) is 7.26. The van der Waals surface area contributed by atoms with Gasteiger partial charge in [0.05, 0.1) is 6.04 Å². The highest BCUT2D eigenvalue weighted by atomic mass is 16.6. The van der Waals surface area contributed by atoms with Crippen LogP contribution >= 0.6 is 0 Å². The second-order valence-electron chi connectivity index (χ2n) is 10.5. The average Bonchev–Trinajstić information content (AvgIpc) is 3.00. The molecule has 42 heavy (non-hydrogen) atoms. The lowest BCUT2D eigenvalue weighted by atomic mass is 9.78. The summed E-state index contributed by atoms with van der Waals surface area (Å²) >= 11 is 0. The lowest BCUT2D eigenvalue weighted by molar-refractivity contribution is -0.136. The van der Waals surface area contributed by atoms with Crippen molar-refractivity contribution < 1.29 is 23.5 Å².